The molecule has 7 heteroatoms. The third kappa shape index (κ3) is 3.51. The van der Waals surface area contributed by atoms with E-state index in [1.807, 2.05) is 60.8 Å². The summed E-state index contributed by atoms with van der Waals surface area (Å²) in [5.74, 6) is 0.710. The first-order valence-electron chi connectivity index (χ1n) is 9.47. The molecule has 0 aliphatic rings. The van der Waals surface area contributed by atoms with E-state index in [0.717, 1.165) is 26.5 Å². The number of furan rings is 1. The van der Waals surface area contributed by atoms with E-state index >= 15 is 0 Å². The molecular weight excluding hydrogens is 396 g/mol. The van der Waals surface area contributed by atoms with Crippen molar-refractivity contribution in [3.05, 3.63) is 90.4 Å². The zero-order chi connectivity index (χ0) is 20.5. The van der Waals surface area contributed by atoms with Gasteiger partial charge in [-0.05, 0) is 36.4 Å². The predicted molar refractivity (Wildman–Crippen MR) is 117 cm³/mol. The molecule has 3 heterocycles. The summed E-state index contributed by atoms with van der Waals surface area (Å²) in [6.07, 6.45) is 3.69. The van der Waals surface area contributed by atoms with Crippen LogP contribution in [0.1, 0.15) is 16.1 Å². The summed E-state index contributed by atoms with van der Waals surface area (Å²) in [6, 6.07) is 21.3. The van der Waals surface area contributed by atoms with Crippen molar-refractivity contribution in [2.75, 3.05) is 7.05 Å². The smallest absolute Gasteiger partial charge is 0.289 e. The van der Waals surface area contributed by atoms with Crippen molar-refractivity contribution in [3.63, 3.8) is 0 Å². The minimum atomic E-state index is -0.185. The number of benzene rings is 2. The van der Waals surface area contributed by atoms with Gasteiger partial charge in [-0.2, -0.15) is 5.10 Å². The van der Waals surface area contributed by atoms with Gasteiger partial charge in [-0.3, -0.25) is 4.79 Å². The Morgan fingerprint density at radius 3 is 2.70 bits per heavy atom. The molecule has 0 saturated heterocycles. The minimum absolute atomic E-state index is 0.185. The van der Waals surface area contributed by atoms with E-state index in [-0.39, 0.29) is 5.91 Å². The summed E-state index contributed by atoms with van der Waals surface area (Å²) >= 11 is 1.55. The summed E-state index contributed by atoms with van der Waals surface area (Å²) in [5.41, 5.74) is 2.84. The summed E-state index contributed by atoms with van der Waals surface area (Å²) in [5, 5.41) is 5.15. The summed E-state index contributed by atoms with van der Waals surface area (Å²) in [7, 11) is 1.75. The fourth-order valence-corrected chi connectivity index (χ4v) is 4.17. The lowest BCUT2D eigenvalue weighted by Crippen LogP contribution is -2.25. The highest BCUT2D eigenvalue weighted by Gasteiger charge is 2.19. The fraction of sp³-hybridized carbons (Fsp3) is 0.0870. The fourth-order valence-electron chi connectivity index (χ4n) is 3.24. The topological polar surface area (TPSA) is 64.2 Å². The van der Waals surface area contributed by atoms with Crippen LogP contribution in [0.15, 0.2) is 83.5 Å². The van der Waals surface area contributed by atoms with Crippen LogP contribution in [-0.4, -0.2) is 32.6 Å². The van der Waals surface area contributed by atoms with Crippen molar-refractivity contribution in [2.24, 2.45) is 0 Å². The Labute approximate surface area is 177 Å². The van der Waals surface area contributed by atoms with Crippen molar-refractivity contribution in [1.82, 2.24) is 19.7 Å². The zero-order valence-electron chi connectivity index (χ0n) is 16.2. The number of amides is 1. The summed E-state index contributed by atoms with van der Waals surface area (Å²) in [6.45, 7) is 0.433. The molecule has 30 heavy (non-hydrogen) atoms. The summed E-state index contributed by atoms with van der Waals surface area (Å²) in [4.78, 5) is 19.0. The molecule has 0 bridgehead atoms. The molecule has 0 aliphatic carbocycles. The number of hydrogen-bond acceptors (Lipinski definition) is 5. The van der Waals surface area contributed by atoms with Crippen LogP contribution < -0.4 is 0 Å². The molecule has 0 aliphatic heterocycles. The third-order valence-corrected chi connectivity index (χ3v) is 5.80. The molecule has 0 saturated carbocycles. The van der Waals surface area contributed by atoms with E-state index in [1.54, 1.807) is 46.3 Å². The standard InChI is InChI=1S/C23H18N4O2S/c1-26(14-16-13-24-27(15-16)17-7-3-2-4-8-17)23(28)20-12-11-19(29-20)22-25-18-9-5-6-10-21(18)30-22/h2-13,15H,14H2,1H3. The van der Waals surface area contributed by atoms with Gasteiger partial charge in [-0.1, -0.05) is 30.3 Å². The van der Waals surface area contributed by atoms with Crippen molar-refractivity contribution in [3.8, 4) is 16.5 Å². The number of rotatable bonds is 5. The second-order valence-corrected chi connectivity index (χ2v) is 7.97. The first kappa shape index (κ1) is 18.3. The lowest BCUT2D eigenvalue weighted by atomic mass is 10.3. The molecular formula is C23H18N4O2S. The van der Waals surface area contributed by atoms with Crippen molar-refractivity contribution in [1.29, 1.82) is 0 Å². The molecule has 1 amide bonds. The molecule has 0 fully saturated rings. The molecule has 0 spiro atoms. The van der Waals surface area contributed by atoms with Gasteiger partial charge < -0.3 is 9.32 Å². The molecule has 0 atom stereocenters. The van der Waals surface area contributed by atoms with E-state index in [1.165, 1.54) is 0 Å². The number of para-hydroxylation sites is 2. The van der Waals surface area contributed by atoms with Gasteiger partial charge in [0, 0.05) is 25.4 Å². The number of hydrogen-bond donors (Lipinski definition) is 0. The first-order chi connectivity index (χ1) is 14.7. The van der Waals surface area contributed by atoms with Crippen LogP contribution in [0.5, 0.6) is 0 Å². The van der Waals surface area contributed by atoms with Crippen molar-refractivity contribution in [2.45, 2.75) is 6.54 Å². The SMILES string of the molecule is CN(Cc1cnn(-c2ccccc2)c1)C(=O)c1ccc(-c2nc3ccccc3s2)o1. The van der Waals surface area contributed by atoms with Gasteiger partial charge in [-0.25, -0.2) is 9.67 Å². The van der Waals surface area contributed by atoms with Crippen LogP contribution in [0.2, 0.25) is 0 Å². The lowest BCUT2D eigenvalue weighted by molar-refractivity contribution is 0.0754. The van der Waals surface area contributed by atoms with Gasteiger partial charge in [-0.15, -0.1) is 11.3 Å². The molecule has 3 aromatic heterocycles. The minimum Gasteiger partial charge on any atom is -0.448 e. The summed E-state index contributed by atoms with van der Waals surface area (Å²) < 4.78 is 8.72. The van der Waals surface area contributed by atoms with Crippen molar-refractivity contribution < 1.29 is 9.21 Å². The Morgan fingerprint density at radius 1 is 1.07 bits per heavy atom. The maximum atomic E-state index is 12.8. The van der Waals surface area contributed by atoms with E-state index < -0.39 is 0 Å². The number of aromatic nitrogens is 3. The van der Waals surface area contributed by atoms with Crippen LogP contribution in [-0.2, 0) is 6.54 Å². The van der Waals surface area contributed by atoms with Gasteiger partial charge in [0.05, 0.1) is 22.1 Å². The monoisotopic (exact) mass is 414 g/mol. The zero-order valence-corrected chi connectivity index (χ0v) is 17.0. The van der Waals surface area contributed by atoms with Gasteiger partial charge in [0.25, 0.3) is 5.91 Å². The maximum absolute atomic E-state index is 12.8. The first-order valence-corrected chi connectivity index (χ1v) is 10.3. The normalized spacial score (nSPS) is 11.1. The molecule has 5 aromatic rings. The number of fused-ring (bicyclic) bond motifs is 1. The Bertz CT molecular complexity index is 1290. The highest BCUT2D eigenvalue weighted by atomic mass is 32.1. The molecule has 2 aromatic carbocycles. The number of carbonyl (C=O) groups is 1. The van der Waals surface area contributed by atoms with Gasteiger partial charge in [0.1, 0.15) is 0 Å². The second kappa shape index (κ2) is 7.61. The van der Waals surface area contributed by atoms with Crippen LogP contribution in [0.4, 0.5) is 0 Å². The van der Waals surface area contributed by atoms with Crippen LogP contribution in [0, 0.1) is 0 Å². The Hall–Kier alpha value is -3.71. The lowest BCUT2D eigenvalue weighted by Gasteiger charge is -2.14. The van der Waals surface area contributed by atoms with Gasteiger partial charge in [0.15, 0.2) is 16.5 Å². The molecule has 0 radical (unpaired) electrons. The number of thiazole rings is 1. The highest BCUT2D eigenvalue weighted by molar-refractivity contribution is 7.21. The van der Waals surface area contributed by atoms with E-state index in [4.69, 9.17) is 4.42 Å². The number of carbonyl (C=O) groups excluding carboxylic acids is 1. The Morgan fingerprint density at radius 2 is 1.87 bits per heavy atom. The Balaban J connectivity index is 1.31. The Kier molecular flexibility index (Phi) is 4.65. The molecule has 0 N–H and O–H groups in total. The van der Waals surface area contributed by atoms with Crippen molar-refractivity contribution >= 4 is 27.5 Å². The average molecular weight is 414 g/mol. The maximum Gasteiger partial charge on any atom is 0.289 e. The highest BCUT2D eigenvalue weighted by Crippen LogP contribution is 2.31. The molecule has 0 unspecified atom stereocenters. The number of nitrogens with zero attached hydrogens (tertiary/aromatic N) is 4. The second-order valence-electron chi connectivity index (χ2n) is 6.94. The van der Waals surface area contributed by atoms with Crippen LogP contribution in [0.25, 0.3) is 26.7 Å². The quantitative estimate of drug-likeness (QED) is 0.405. The van der Waals surface area contributed by atoms with Crippen LogP contribution in [0.3, 0.4) is 0 Å². The van der Waals surface area contributed by atoms with Gasteiger partial charge in [0.2, 0.25) is 0 Å². The molecule has 5 rings (SSSR count). The third-order valence-electron chi connectivity index (χ3n) is 4.74. The van der Waals surface area contributed by atoms with E-state index in [2.05, 4.69) is 10.1 Å². The largest absolute Gasteiger partial charge is 0.448 e. The van der Waals surface area contributed by atoms with Gasteiger partial charge >= 0.3 is 0 Å². The van der Waals surface area contributed by atoms with Crippen LogP contribution >= 0.6 is 11.3 Å². The molecule has 148 valence electrons. The average Bonchev–Trinajstić information content (AvgIpc) is 3.52. The predicted octanol–water partition coefficient (Wildman–Crippen LogP) is 5.01. The van der Waals surface area contributed by atoms with E-state index in [9.17, 15) is 4.79 Å². The van der Waals surface area contributed by atoms with E-state index in [0.29, 0.717) is 18.1 Å². The molecule has 6 nitrogen and oxygen atoms in total.